The smallest absolute Gasteiger partial charge is 0.0468 e. The van der Waals surface area contributed by atoms with Crippen molar-refractivity contribution in [2.24, 2.45) is 0 Å². The highest BCUT2D eigenvalue weighted by Gasteiger charge is 2.06. The van der Waals surface area contributed by atoms with Crippen LogP contribution in [-0.2, 0) is 13.1 Å². The van der Waals surface area contributed by atoms with Gasteiger partial charge in [0.1, 0.15) is 0 Å². The van der Waals surface area contributed by atoms with Gasteiger partial charge in [0.15, 0.2) is 0 Å². The lowest BCUT2D eigenvalue weighted by atomic mass is 10.0. The van der Waals surface area contributed by atoms with Crippen molar-refractivity contribution in [1.82, 2.24) is 5.32 Å². The standard InChI is InChI=1S/C21H19Cl2N/c1-15-11-19(22)12-21(23)20(15)14-24-13-16-7-9-18(10-8-16)17-5-3-2-4-6-17/h2-12,24H,13-14H2,1H3. The molecule has 3 heteroatoms. The van der Waals surface area contributed by atoms with Crippen LogP contribution in [0.3, 0.4) is 0 Å². The molecule has 0 amide bonds. The summed E-state index contributed by atoms with van der Waals surface area (Å²) in [6, 6.07) is 22.8. The second-order valence-corrected chi connectivity index (χ2v) is 6.69. The molecule has 0 saturated heterocycles. The normalized spacial score (nSPS) is 10.8. The molecule has 24 heavy (non-hydrogen) atoms. The molecule has 0 bridgehead atoms. The van der Waals surface area contributed by atoms with Gasteiger partial charge in [0.25, 0.3) is 0 Å². The van der Waals surface area contributed by atoms with Gasteiger partial charge in [0.05, 0.1) is 0 Å². The van der Waals surface area contributed by atoms with E-state index in [4.69, 9.17) is 23.2 Å². The maximum absolute atomic E-state index is 6.28. The third-order valence-electron chi connectivity index (χ3n) is 4.08. The first kappa shape index (κ1) is 17.0. The molecule has 0 heterocycles. The maximum Gasteiger partial charge on any atom is 0.0468 e. The lowest BCUT2D eigenvalue weighted by molar-refractivity contribution is 0.691. The van der Waals surface area contributed by atoms with Gasteiger partial charge in [0, 0.05) is 23.1 Å². The molecular formula is C21H19Cl2N. The van der Waals surface area contributed by atoms with Gasteiger partial charge < -0.3 is 5.32 Å². The van der Waals surface area contributed by atoms with Gasteiger partial charge in [-0.15, -0.1) is 0 Å². The lowest BCUT2D eigenvalue weighted by Gasteiger charge is -2.11. The molecule has 0 spiro atoms. The molecule has 0 fully saturated rings. The van der Waals surface area contributed by atoms with E-state index in [2.05, 4.69) is 53.8 Å². The number of aryl methyl sites for hydroxylation is 1. The zero-order valence-electron chi connectivity index (χ0n) is 13.5. The molecule has 0 aliphatic heterocycles. The Morgan fingerprint density at radius 2 is 1.46 bits per heavy atom. The number of halogens is 2. The molecule has 1 nitrogen and oxygen atoms in total. The summed E-state index contributed by atoms with van der Waals surface area (Å²) in [6.07, 6.45) is 0. The Bertz CT molecular complexity index is 788. The monoisotopic (exact) mass is 355 g/mol. The molecule has 3 rings (SSSR count). The molecule has 0 aliphatic carbocycles. The van der Waals surface area contributed by atoms with Gasteiger partial charge in [-0.05, 0) is 46.9 Å². The second-order valence-electron chi connectivity index (χ2n) is 5.85. The summed E-state index contributed by atoms with van der Waals surface area (Å²) in [5, 5.41) is 4.84. The van der Waals surface area contributed by atoms with Crippen LogP contribution in [0.1, 0.15) is 16.7 Å². The first-order chi connectivity index (χ1) is 11.6. The Morgan fingerprint density at radius 3 is 2.12 bits per heavy atom. The van der Waals surface area contributed by atoms with Gasteiger partial charge in [-0.2, -0.15) is 0 Å². The van der Waals surface area contributed by atoms with Crippen molar-refractivity contribution in [3.05, 3.63) is 93.5 Å². The molecule has 122 valence electrons. The second kappa shape index (κ2) is 7.85. The van der Waals surface area contributed by atoms with Crippen LogP contribution in [0.15, 0.2) is 66.7 Å². The molecule has 3 aromatic carbocycles. The molecule has 0 saturated carbocycles. The van der Waals surface area contributed by atoms with E-state index in [1.165, 1.54) is 16.7 Å². The highest BCUT2D eigenvalue weighted by molar-refractivity contribution is 6.35. The Morgan fingerprint density at radius 1 is 0.792 bits per heavy atom. The molecule has 0 aromatic heterocycles. The van der Waals surface area contributed by atoms with Crippen LogP contribution in [0.2, 0.25) is 10.0 Å². The van der Waals surface area contributed by atoms with E-state index in [0.717, 1.165) is 24.2 Å². The Balaban J connectivity index is 1.62. The third kappa shape index (κ3) is 4.18. The van der Waals surface area contributed by atoms with Gasteiger partial charge >= 0.3 is 0 Å². The molecule has 0 aliphatic rings. The van der Waals surface area contributed by atoms with E-state index in [9.17, 15) is 0 Å². The average Bonchev–Trinajstić information content (AvgIpc) is 2.58. The van der Waals surface area contributed by atoms with Crippen molar-refractivity contribution in [3.63, 3.8) is 0 Å². The van der Waals surface area contributed by atoms with Crippen molar-refractivity contribution >= 4 is 23.2 Å². The third-order valence-corrected chi connectivity index (χ3v) is 4.63. The summed E-state index contributed by atoms with van der Waals surface area (Å²) in [5.74, 6) is 0. The summed E-state index contributed by atoms with van der Waals surface area (Å²) in [6.45, 7) is 3.55. The minimum absolute atomic E-state index is 0.678. The molecule has 1 N–H and O–H groups in total. The number of hydrogen-bond acceptors (Lipinski definition) is 1. The lowest BCUT2D eigenvalue weighted by Crippen LogP contribution is -2.13. The largest absolute Gasteiger partial charge is 0.309 e. The molecule has 3 aromatic rings. The zero-order valence-corrected chi connectivity index (χ0v) is 15.0. The summed E-state index contributed by atoms with van der Waals surface area (Å²) >= 11 is 12.3. The quantitative estimate of drug-likeness (QED) is 0.569. The first-order valence-corrected chi connectivity index (χ1v) is 8.68. The summed E-state index contributed by atoms with van der Waals surface area (Å²) in [5.41, 5.74) is 5.93. The van der Waals surface area contributed by atoms with E-state index in [0.29, 0.717) is 10.0 Å². The summed E-state index contributed by atoms with van der Waals surface area (Å²) in [7, 11) is 0. The van der Waals surface area contributed by atoms with Crippen LogP contribution in [0.25, 0.3) is 11.1 Å². The van der Waals surface area contributed by atoms with Gasteiger partial charge in [-0.25, -0.2) is 0 Å². The fourth-order valence-electron chi connectivity index (χ4n) is 2.73. The van der Waals surface area contributed by atoms with Crippen molar-refractivity contribution in [1.29, 1.82) is 0 Å². The van der Waals surface area contributed by atoms with Crippen molar-refractivity contribution in [2.45, 2.75) is 20.0 Å². The van der Waals surface area contributed by atoms with Crippen LogP contribution < -0.4 is 5.32 Å². The SMILES string of the molecule is Cc1cc(Cl)cc(Cl)c1CNCc1ccc(-c2ccccc2)cc1. The summed E-state index contributed by atoms with van der Waals surface area (Å²) < 4.78 is 0. The van der Waals surface area contributed by atoms with E-state index < -0.39 is 0 Å². The number of benzene rings is 3. The highest BCUT2D eigenvalue weighted by atomic mass is 35.5. The minimum atomic E-state index is 0.678. The van der Waals surface area contributed by atoms with E-state index in [-0.39, 0.29) is 0 Å². The maximum atomic E-state index is 6.28. The topological polar surface area (TPSA) is 12.0 Å². The van der Waals surface area contributed by atoms with Gasteiger partial charge in [-0.3, -0.25) is 0 Å². The highest BCUT2D eigenvalue weighted by Crippen LogP contribution is 2.25. The molecule has 0 radical (unpaired) electrons. The Hall–Kier alpha value is -1.80. The number of hydrogen-bond donors (Lipinski definition) is 1. The molecule has 0 unspecified atom stereocenters. The molecule has 0 atom stereocenters. The van der Waals surface area contributed by atoms with Crippen molar-refractivity contribution in [2.75, 3.05) is 0 Å². The Labute approximate surface area is 153 Å². The fraction of sp³-hybridized carbons (Fsp3) is 0.143. The van der Waals surface area contributed by atoms with Crippen LogP contribution in [-0.4, -0.2) is 0 Å². The van der Waals surface area contributed by atoms with Crippen molar-refractivity contribution in [3.8, 4) is 11.1 Å². The molecular weight excluding hydrogens is 337 g/mol. The summed E-state index contributed by atoms with van der Waals surface area (Å²) in [4.78, 5) is 0. The van der Waals surface area contributed by atoms with Crippen LogP contribution in [0, 0.1) is 6.92 Å². The predicted octanol–water partition coefficient (Wildman–Crippen LogP) is 6.26. The predicted molar refractivity (Wildman–Crippen MR) is 104 cm³/mol. The van der Waals surface area contributed by atoms with E-state index in [1.54, 1.807) is 6.07 Å². The van der Waals surface area contributed by atoms with Crippen molar-refractivity contribution < 1.29 is 0 Å². The first-order valence-electron chi connectivity index (χ1n) is 7.93. The minimum Gasteiger partial charge on any atom is -0.309 e. The van der Waals surface area contributed by atoms with Crippen LogP contribution in [0.4, 0.5) is 0 Å². The number of rotatable bonds is 5. The number of nitrogens with one attached hydrogen (secondary N) is 1. The van der Waals surface area contributed by atoms with Crippen LogP contribution >= 0.6 is 23.2 Å². The average molecular weight is 356 g/mol. The fourth-order valence-corrected chi connectivity index (χ4v) is 3.40. The van der Waals surface area contributed by atoms with E-state index >= 15 is 0 Å². The van der Waals surface area contributed by atoms with Gasteiger partial charge in [0.2, 0.25) is 0 Å². The van der Waals surface area contributed by atoms with Crippen LogP contribution in [0.5, 0.6) is 0 Å². The van der Waals surface area contributed by atoms with E-state index in [1.807, 2.05) is 19.1 Å². The van der Waals surface area contributed by atoms with Gasteiger partial charge in [-0.1, -0.05) is 77.8 Å². The Kier molecular flexibility index (Phi) is 5.57. The zero-order chi connectivity index (χ0) is 16.9.